The van der Waals surface area contributed by atoms with Gasteiger partial charge in [-0.2, -0.15) is 16.4 Å². The SMILES string of the molecule is COCc1nn2c(C(=O)NC3Cc4cscc4C3)ccnc2c1C(N)=O. The Morgan fingerprint density at radius 1 is 1.38 bits per heavy atom. The van der Waals surface area contributed by atoms with E-state index in [-0.39, 0.29) is 29.8 Å². The van der Waals surface area contributed by atoms with Crippen molar-refractivity contribution in [1.29, 1.82) is 0 Å². The lowest BCUT2D eigenvalue weighted by Crippen LogP contribution is -2.36. The van der Waals surface area contributed by atoms with E-state index in [9.17, 15) is 9.59 Å². The molecule has 9 heteroatoms. The van der Waals surface area contributed by atoms with E-state index in [2.05, 4.69) is 26.2 Å². The van der Waals surface area contributed by atoms with Crippen LogP contribution in [0.4, 0.5) is 0 Å². The standard InChI is InChI=1S/C17H17N5O3S/c1-25-6-12-14(15(18)23)16-19-3-2-13(22(16)21-12)17(24)20-11-4-9-7-26-8-10(9)5-11/h2-3,7-8,11H,4-6H2,1H3,(H2,18,23)(H,20,24). The molecule has 3 aromatic rings. The number of nitrogens with two attached hydrogens (primary N) is 1. The van der Waals surface area contributed by atoms with Gasteiger partial charge >= 0.3 is 0 Å². The summed E-state index contributed by atoms with van der Waals surface area (Å²) >= 11 is 1.68. The summed E-state index contributed by atoms with van der Waals surface area (Å²) < 4.78 is 6.43. The van der Waals surface area contributed by atoms with Gasteiger partial charge in [-0.25, -0.2) is 9.50 Å². The molecule has 1 aliphatic rings. The Morgan fingerprint density at radius 3 is 2.77 bits per heavy atom. The maximum atomic E-state index is 12.8. The molecular weight excluding hydrogens is 354 g/mol. The molecule has 2 amide bonds. The highest BCUT2D eigenvalue weighted by Crippen LogP contribution is 2.26. The molecule has 0 spiro atoms. The van der Waals surface area contributed by atoms with Crippen LogP contribution >= 0.6 is 11.3 Å². The number of ether oxygens (including phenoxy) is 1. The van der Waals surface area contributed by atoms with Crippen LogP contribution in [0.2, 0.25) is 0 Å². The number of carbonyl (C=O) groups excluding carboxylic acids is 2. The van der Waals surface area contributed by atoms with E-state index in [0.717, 1.165) is 12.8 Å². The Bertz CT molecular complexity index is 989. The summed E-state index contributed by atoms with van der Waals surface area (Å²) in [5.41, 5.74) is 9.12. The number of hydrogen-bond acceptors (Lipinski definition) is 6. The second-order valence-corrected chi connectivity index (χ2v) is 6.93. The fraction of sp³-hybridized carbons (Fsp3) is 0.294. The quantitative estimate of drug-likeness (QED) is 0.693. The highest BCUT2D eigenvalue weighted by Gasteiger charge is 2.26. The number of hydrogen-bond donors (Lipinski definition) is 2. The van der Waals surface area contributed by atoms with Crippen LogP contribution in [0.3, 0.4) is 0 Å². The van der Waals surface area contributed by atoms with Crippen molar-refractivity contribution in [3.63, 3.8) is 0 Å². The number of aromatic nitrogens is 3. The third-order valence-corrected chi connectivity index (χ3v) is 5.29. The van der Waals surface area contributed by atoms with E-state index >= 15 is 0 Å². The second kappa shape index (κ2) is 6.50. The minimum absolute atomic E-state index is 0.0498. The van der Waals surface area contributed by atoms with Gasteiger partial charge < -0.3 is 15.8 Å². The van der Waals surface area contributed by atoms with Gasteiger partial charge in [0.25, 0.3) is 11.8 Å². The Balaban J connectivity index is 1.66. The molecule has 0 saturated carbocycles. The summed E-state index contributed by atoms with van der Waals surface area (Å²) in [6.07, 6.45) is 3.11. The number of nitrogens with one attached hydrogen (secondary N) is 1. The number of rotatable bonds is 5. The first-order chi connectivity index (χ1) is 12.6. The molecule has 26 heavy (non-hydrogen) atoms. The summed E-state index contributed by atoms with van der Waals surface area (Å²) in [4.78, 5) is 28.8. The van der Waals surface area contributed by atoms with Crippen LogP contribution in [-0.4, -0.2) is 39.6 Å². The Labute approximate surface area is 153 Å². The van der Waals surface area contributed by atoms with Gasteiger partial charge in [-0.1, -0.05) is 0 Å². The zero-order valence-electron chi connectivity index (χ0n) is 14.1. The molecule has 3 aromatic heterocycles. The zero-order chi connectivity index (χ0) is 18.3. The number of carbonyl (C=O) groups is 2. The van der Waals surface area contributed by atoms with Crippen LogP contribution in [0.15, 0.2) is 23.0 Å². The first-order valence-electron chi connectivity index (χ1n) is 8.08. The maximum absolute atomic E-state index is 12.8. The van der Waals surface area contributed by atoms with Crippen molar-refractivity contribution >= 4 is 28.8 Å². The fourth-order valence-corrected chi connectivity index (χ4v) is 4.22. The molecule has 1 aliphatic carbocycles. The minimum Gasteiger partial charge on any atom is -0.378 e. The van der Waals surface area contributed by atoms with Crippen molar-refractivity contribution in [3.05, 3.63) is 51.1 Å². The molecular formula is C17H17N5O3S. The van der Waals surface area contributed by atoms with E-state index in [1.807, 2.05) is 0 Å². The molecule has 0 fully saturated rings. The summed E-state index contributed by atoms with van der Waals surface area (Å²) in [5, 5.41) is 11.6. The molecule has 134 valence electrons. The van der Waals surface area contributed by atoms with Gasteiger partial charge in [0.1, 0.15) is 17.0 Å². The molecule has 4 rings (SSSR count). The number of methoxy groups -OCH3 is 1. The predicted octanol–water partition coefficient (Wildman–Crippen LogP) is 0.933. The van der Waals surface area contributed by atoms with Crippen LogP contribution < -0.4 is 11.1 Å². The highest BCUT2D eigenvalue weighted by atomic mass is 32.1. The molecule has 3 heterocycles. The number of thiophene rings is 1. The van der Waals surface area contributed by atoms with Crippen LogP contribution in [0.5, 0.6) is 0 Å². The molecule has 0 bridgehead atoms. The molecule has 0 unspecified atom stereocenters. The highest BCUT2D eigenvalue weighted by molar-refractivity contribution is 7.08. The topological polar surface area (TPSA) is 112 Å². The Morgan fingerprint density at radius 2 is 2.12 bits per heavy atom. The van der Waals surface area contributed by atoms with Crippen LogP contribution in [0, 0.1) is 0 Å². The first-order valence-corrected chi connectivity index (χ1v) is 9.03. The van der Waals surface area contributed by atoms with Gasteiger partial charge in [0.15, 0.2) is 5.65 Å². The molecule has 0 saturated heterocycles. The van der Waals surface area contributed by atoms with Crippen molar-refractivity contribution in [2.24, 2.45) is 5.73 Å². The van der Waals surface area contributed by atoms with Crippen LogP contribution in [-0.2, 0) is 24.2 Å². The summed E-state index contributed by atoms with van der Waals surface area (Å²) in [6, 6.07) is 1.62. The Hall–Kier alpha value is -2.78. The number of primary amides is 1. The molecule has 3 N–H and O–H groups in total. The Kier molecular flexibility index (Phi) is 4.17. The van der Waals surface area contributed by atoms with Gasteiger partial charge in [0.2, 0.25) is 0 Å². The van der Waals surface area contributed by atoms with Gasteiger partial charge in [-0.15, -0.1) is 0 Å². The first kappa shape index (κ1) is 16.7. The monoisotopic (exact) mass is 371 g/mol. The van der Waals surface area contributed by atoms with Crippen molar-refractivity contribution in [2.45, 2.75) is 25.5 Å². The summed E-state index contributed by atoms with van der Waals surface area (Å²) in [6.45, 7) is 0.102. The minimum atomic E-state index is -0.655. The average molecular weight is 371 g/mol. The van der Waals surface area contributed by atoms with E-state index in [0.29, 0.717) is 11.4 Å². The van der Waals surface area contributed by atoms with Gasteiger partial charge in [0, 0.05) is 19.3 Å². The van der Waals surface area contributed by atoms with Crippen molar-refractivity contribution in [2.75, 3.05) is 7.11 Å². The van der Waals surface area contributed by atoms with Gasteiger partial charge in [-0.3, -0.25) is 9.59 Å². The number of fused-ring (bicyclic) bond motifs is 2. The van der Waals surface area contributed by atoms with Crippen molar-refractivity contribution in [1.82, 2.24) is 19.9 Å². The number of amides is 2. The van der Waals surface area contributed by atoms with E-state index in [1.165, 1.54) is 28.9 Å². The normalized spacial score (nSPS) is 13.9. The predicted molar refractivity (Wildman–Crippen MR) is 95.2 cm³/mol. The lowest BCUT2D eigenvalue weighted by Gasteiger charge is -2.12. The molecule has 0 atom stereocenters. The van der Waals surface area contributed by atoms with Gasteiger partial charge in [-0.05, 0) is 40.8 Å². The zero-order valence-corrected chi connectivity index (χ0v) is 14.9. The van der Waals surface area contributed by atoms with E-state index in [1.54, 1.807) is 17.4 Å². The fourth-order valence-electron chi connectivity index (χ4n) is 3.32. The average Bonchev–Trinajstić information content (AvgIpc) is 3.26. The molecule has 0 radical (unpaired) electrons. The maximum Gasteiger partial charge on any atom is 0.270 e. The molecule has 0 aromatic carbocycles. The second-order valence-electron chi connectivity index (χ2n) is 6.19. The smallest absolute Gasteiger partial charge is 0.270 e. The van der Waals surface area contributed by atoms with Crippen LogP contribution in [0.25, 0.3) is 5.65 Å². The van der Waals surface area contributed by atoms with E-state index < -0.39 is 5.91 Å². The number of nitrogens with zero attached hydrogens (tertiary/aromatic N) is 3. The largest absolute Gasteiger partial charge is 0.378 e. The summed E-state index contributed by atoms with van der Waals surface area (Å²) in [7, 11) is 1.49. The van der Waals surface area contributed by atoms with E-state index in [4.69, 9.17) is 10.5 Å². The molecule has 8 nitrogen and oxygen atoms in total. The van der Waals surface area contributed by atoms with Crippen molar-refractivity contribution < 1.29 is 14.3 Å². The molecule has 0 aliphatic heterocycles. The lowest BCUT2D eigenvalue weighted by molar-refractivity contribution is 0.0929. The van der Waals surface area contributed by atoms with Crippen LogP contribution in [0.1, 0.15) is 37.7 Å². The van der Waals surface area contributed by atoms with Gasteiger partial charge in [0.05, 0.1) is 6.61 Å². The third kappa shape index (κ3) is 2.74. The summed E-state index contributed by atoms with van der Waals surface area (Å²) in [5.74, 6) is -0.921. The van der Waals surface area contributed by atoms with Crippen molar-refractivity contribution in [3.8, 4) is 0 Å². The lowest BCUT2D eigenvalue weighted by atomic mass is 10.2. The third-order valence-electron chi connectivity index (χ3n) is 4.45.